The Kier molecular flexibility index (Phi) is 4.17. The summed E-state index contributed by atoms with van der Waals surface area (Å²) in [6.07, 6.45) is 0. The molecule has 4 nitrogen and oxygen atoms in total. The number of likely N-dealkylation sites (tertiary alicyclic amines) is 1. The molecule has 1 N–H and O–H groups in total. The highest BCUT2D eigenvalue weighted by Gasteiger charge is 2.47. The summed E-state index contributed by atoms with van der Waals surface area (Å²) in [6, 6.07) is 14.5. The smallest absolute Gasteiger partial charge is 0.225 e. The minimum atomic E-state index is -0.270. The number of hydrogen-bond acceptors (Lipinski definition) is 3. The quantitative estimate of drug-likeness (QED) is 0.934. The SMILES string of the molecule is CN1C[C@@H](C(=O)NCc2ccccc2)[C@@H]2COc3ccc(F)cc3[C@@H]21. The molecule has 3 atom stereocenters. The zero-order chi connectivity index (χ0) is 17.4. The van der Waals surface area contributed by atoms with Gasteiger partial charge in [-0.3, -0.25) is 9.69 Å². The van der Waals surface area contributed by atoms with E-state index in [0.717, 1.165) is 16.9 Å². The molecule has 2 aliphatic rings. The van der Waals surface area contributed by atoms with E-state index in [1.807, 2.05) is 37.4 Å². The molecule has 1 saturated heterocycles. The first-order chi connectivity index (χ1) is 12.1. The van der Waals surface area contributed by atoms with Crippen molar-refractivity contribution in [1.82, 2.24) is 10.2 Å². The third-order valence-corrected chi connectivity index (χ3v) is 5.25. The minimum Gasteiger partial charge on any atom is -0.493 e. The van der Waals surface area contributed by atoms with Gasteiger partial charge in [-0.1, -0.05) is 30.3 Å². The van der Waals surface area contributed by atoms with Crippen LogP contribution in [0.3, 0.4) is 0 Å². The van der Waals surface area contributed by atoms with Crippen LogP contribution in [0.5, 0.6) is 5.75 Å². The molecule has 2 aliphatic heterocycles. The van der Waals surface area contributed by atoms with Crippen LogP contribution in [-0.2, 0) is 11.3 Å². The first kappa shape index (κ1) is 16.1. The highest BCUT2D eigenvalue weighted by molar-refractivity contribution is 5.80. The Morgan fingerprint density at radius 2 is 2.08 bits per heavy atom. The van der Waals surface area contributed by atoms with Crippen LogP contribution in [-0.4, -0.2) is 31.0 Å². The number of nitrogens with one attached hydrogen (secondary N) is 1. The molecule has 0 radical (unpaired) electrons. The van der Waals surface area contributed by atoms with Crippen LogP contribution >= 0.6 is 0 Å². The highest BCUT2D eigenvalue weighted by atomic mass is 19.1. The first-order valence-electron chi connectivity index (χ1n) is 8.57. The summed E-state index contributed by atoms with van der Waals surface area (Å²) in [7, 11) is 1.99. The molecule has 1 amide bonds. The van der Waals surface area contributed by atoms with Gasteiger partial charge in [0.1, 0.15) is 11.6 Å². The largest absolute Gasteiger partial charge is 0.493 e. The Morgan fingerprint density at radius 3 is 2.88 bits per heavy atom. The highest BCUT2D eigenvalue weighted by Crippen LogP contribution is 2.46. The molecule has 0 aliphatic carbocycles. The van der Waals surface area contributed by atoms with Crippen LogP contribution in [0.25, 0.3) is 0 Å². The topological polar surface area (TPSA) is 41.6 Å². The lowest BCUT2D eigenvalue weighted by Gasteiger charge is -2.33. The number of fused-ring (bicyclic) bond motifs is 3. The van der Waals surface area contributed by atoms with Crippen LogP contribution in [0.4, 0.5) is 4.39 Å². The second-order valence-corrected chi connectivity index (χ2v) is 6.85. The maximum atomic E-state index is 13.7. The molecule has 0 saturated carbocycles. The maximum Gasteiger partial charge on any atom is 0.225 e. The Bertz CT molecular complexity index is 781. The number of carbonyl (C=O) groups excluding carboxylic acids is 1. The lowest BCUT2D eigenvalue weighted by atomic mass is 9.85. The lowest BCUT2D eigenvalue weighted by Crippen LogP contribution is -2.37. The molecule has 130 valence electrons. The van der Waals surface area contributed by atoms with Crippen molar-refractivity contribution >= 4 is 5.91 Å². The number of carbonyl (C=O) groups is 1. The molecule has 4 rings (SSSR count). The van der Waals surface area contributed by atoms with E-state index in [1.165, 1.54) is 12.1 Å². The van der Waals surface area contributed by atoms with Crippen molar-refractivity contribution in [1.29, 1.82) is 0 Å². The second kappa shape index (κ2) is 6.48. The number of rotatable bonds is 3. The summed E-state index contributed by atoms with van der Waals surface area (Å²) in [4.78, 5) is 14.9. The van der Waals surface area contributed by atoms with E-state index < -0.39 is 0 Å². The summed E-state index contributed by atoms with van der Waals surface area (Å²) in [6.45, 7) is 1.65. The average Bonchev–Trinajstić information content (AvgIpc) is 2.98. The van der Waals surface area contributed by atoms with Gasteiger partial charge in [-0.25, -0.2) is 4.39 Å². The van der Waals surface area contributed by atoms with Crippen molar-refractivity contribution in [3.8, 4) is 5.75 Å². The van der Waals surface area contributed by atoms with Gasteiger partial charge in [-0.15, -0.1) is 0 Å². The van der Waals surface area contributed by atoms with Gasteiger partial charge >= 0.3 is 0 Å². The predicted octanol–water partition coefficient (Wildman–Crippen LogP) is 2.75. The van der Waals surface area contributed by atoms with Crippen molar-refractivity contribution < 1.29 is 13.9 Å². The molecule has 2 aromatic rings. The Labute approximate surface area is 146 Å². The normalized spacial score (nSPS) is 25.0. The van der Waals surface area contributed by atoms with Crippen LogP contribution in [0, 0.1) is 17.7 Å². The maximum absolute atomic E-state index is 13.7. The molecule has 25 heavy (non-hydrogen) atoms. The van der Waals surface area contributed by atoms with Crippen LogP contribution in [0.1, 0.15) is 17.2 Å². The van der Waals surface area contributed by atoms with E-state index in [9.17, 15) is 9.18 Å². The monoisotopic (exact) mass is 340 g/mol. The third-order valence-electron chi connectivity index (χ3n) is 5.25. The lowest BCUT2D eigenvalue weighted by molar-refractivity contribution is -0.126. The van der Waals surface area contributed by atoms with E-state index >= 15 is 0 Å². The summed E-state index contributed by atoms with van der Waals surface area (Å²) in [5.74, 6) is 0.366. The molecule has 0 unspecified atom stereocenters. The first-order valence-corrected chi connectivity index (χ1v) is 8.57. The number of hydrogen-bond donors (Lipinski definition) is 1. The van der Waals surface area contributed by atoms with Crippen molar-refractivity contribution in [3.63, 3.8) is 0 Å². The molecule has 2 heterocycles. The van der Waals surface area contributed by atoms with Gasteiger partial charge in [0.25, 0.3) is 0 Å². The van der Waals surface area contributed by atoms with E-state index in [1.54, 1.807) is 6.07 Å². The predicted molar refractivity (Wildman–Crippen MR) is 92.5 cm³/mol. The van der Waals surface area contributed by atoms with Gasteiger partial charge < -0.3 is 10.1 Å². The fourth-order valence-electron chi connectivity index (χ4n) is 4.04. The van der Waals surface area contributed by atoms with Crippen LogP contribution in [0.2, 0.25) is 0 Å². The Morgan fingerprint density at radius 1 is 1.28 bits per heavy atom. The minimum absolute atomic E-state index is 0.0203. The molecule has 0 bridgehead atoms. The van der Waals surface area contributed by atoms with Gasteiger partial charge in [0, 0.05) is 30.6 Å². The molecule has 0 aromatic heterocycles. The zero-order valence-electron chi connectivity index (χ0n) is 14.1. The second-order valence-electron chi connectivity index (χ2n) is 6.85. The van der Waals surface area contributed by atoms with Gasteiger partial charge in [-0.05, 0) is 30.8 Å². The third kappa shape index (κ3) is 3.00. The Hall–Kier alpha value is -2.40. The number of ether oxygens (including phenoxy) is 1. The zero-order valence-corrected chi connectivity index (χ0v) is 14.1. The van der Waals surface area contributed by atoms with Crippen LogP contribution < -0.4 is 10.1 Å². The van der Waals surface area contributed by atoms with E-state index in [4.69, 9.17) is 4.74 Å². The number of benzene rings is 2. The van der Waals surface area contributed by atoms with Crippen molar-refractivity contribution in [2.45, 2.75) is 12.6 Å². The average molecular weight is 340 g/mol. The molecular weight excluding hydrogens is 319 g/mol. The van der Waals surface area contributed by atoms with Gasteiger partial charge in [0.05, 0.1) is 12.5 Å². The number of halogens is 1. The summed E-state index contributed by atoms with van der Waals surface area (Å²) < 4.78 is 19.5. The molecule has 2 aromatic carbocycles. The van der Waals surface area contributed by atoms with Gasteiger partial charge in [0.2, 0.25) is 5.91 Å². The summed E-state index contributed by atoms with van der Waals surface area (Å²) in [5, 5.41) is 3.03. The number of nitrogens with zero attached hydrogens (tertiary/aromatic N) is 1. The molecule has 1 fully saturated rings. The Balaban J connectivity index is 1.50. The molecular formula is C20H21FN2O2. The van der Waals surface area contributed by atoms with Gasteiger partial charge in [0.15, 0.2) is 0 Å². The van der Waals surface area contributed by atoms with Crippen LogP contribution in [0.15, 0.2) is 48.5 Å². The standard InChI is InChI=1S/C20H21FN2O2/c1-23-11-16(20(24)22-10-13-5-3-2-4-6-13)17-12-25-18-8-7-14(21)9-15(18)19(17)23/h2-9,16-17,19H,10-12H2,1H3,(H,22,24)/t16-,17+,19+/m1/s1. The van der Waals surface area contributed by atoms with Crippen molar-refractivity contribution in [2.24, 2.45) is 11.8 Å². The van der Waals surface area contributed by atoms with Crippen molar-refractivity contribution in [3.05, 3.63) is 65.5 Å². The molecule has 0 spiro atoms. The van der Waals surface area contributed by atoms with E-state index in [2.05, 4.69) is 10.2 Å². The number of amides is 1. The van der Waals surface area contributed by atoms with E-state index in [0.29, 0.717) is 19.7 Å². The fraction of sp³-hybridized carbons (Fsp3) is 0.350. The van der Waals surface area contributed by atoms with Crippen molar-refractivity contribution in [2.75, 3.05) is 20.2 Å². The molecule has 5 heteroatoms. The van der Waals surface area contributed by atoms with Gasteiger partial charge in [-0.2, -0.15) is 0 Å². The summed E-state index contributed by atoms with van der Waals surface area (Å²) >= 11 is 0. The fourth-order valence-corrected chi connectivity index (χ4v) is 4.04. The van der Waals surface area contributed by atoms with E-state index in [-0.39, 0.29) is 29.6 Å². The summed E-state index contributed by atoms with van der Waals surface area (Å²) in [5.41, 5.74) is 1.92.